The zero-order valence-electron chi connectivity index (χ0n) is 14.8. The summed E-state index contributed by atoms with van der Waals surface area (Å²) in [6, 6.07) is 10.9. The van der Waals surface area contributed by atoms with E-state index >= 15 is 0 Å². The zero-order chi connectivity index (χ0) is 17.0. The molecule has 0 unspecified atom stereocenters. The smallest absolute Gasteiger partial charge is 0.317 e. The number of benzene rings is 1. The molecule has 5 heteroatoms. The van der Waals surface area contributed by atoms with E-state index in [9.17, 15) is 4.79 Å². The average molecular weight is 331 g/mol. The SMILES string of the molecule is CN(C)C(=O)N[C@H]1CCO[C@]2(CCN(CCc3ccccc3)C2)C1. The Balaban J connectivity index is 1.50. The Labute approximate surface area is 145 Å². The van der Waals surface area contributed by atoms with Gasteiger partial charge >= 0.3 is 6.03 Å². The average Bonchev–Trinajstić information content (AvgIpc) is 2.96. The summed E-state index contributed by atoms with van der Waals surface area (Å²) >= 11 is 0. The Morgan fingerprint density at radius 3 is 2.92 bits per heavy atom. The van der Waals surface area contributed by atoms with Gasteiger partial charge in [0.2, 0.25) is 0 Å². The van der Waals surface area contributed by atoms with E-state index in [1.165, 1.54) is 5.56 Å². The lowest BCUT2D eigenvalue weighted by molar-refractivity contribution is -0.0788. The zero-order valence-corrected chi connectivity index (χ0v) is 14.8. The molecule has 2 atom stereocenters. The van der Waals surface area contributed by atoms with E-state index in [1.807, 2.05) is 0 Å². The van der Waals surface area contributed by atoms with Crippen molar-refractivity contribution in [2.75, 3.05) is 40.3 Å². The first-order chi connectivity index (χ1) is 11.6. The molecule has 2 saturated heterocycles. The van der Waals surface area contributed by atoms with E-state index in [-0.39, 0.29) is 17.7 Å². The fraction of sp³-hybridized carbons (Fsp3) is 0.632. The van der Waals surface area contributed by atoms with Crippen LogP contribution in [-0.2, 0) is 11.2 Å². The second-order valence-electron chi connectivity index (χ2n) is 7.33. The molecule has 24 heavy (non-hydrogen) atoms. The first-order valence-electron chi connectivity index (χ1n) is 8.94. The van der Waals surface area contributed by atoms with Gasteiger partial charge < -0.3 is 19.9 Å². The molecular formula is C19H29N3O2. The van der Waals surface area contributed by atoms with E-state index in [4.69, 9.17) is 4.74 Å². The van der Waals surface area contributed by atoms with Crippen LogP contribution in [0.1, 0.15) is 24.8 Å². The van der Waals surface area contributed by atoms with Crippen molar-refractivity contribution >= 4 is 6.03 Å². The maximum Gasteiger partial charge on any atom is 0.317 e. The number of rotatable bonds is 4. The third kappa shape index (κ3) is 4.28. The summed E-state index contributed by atoms with van der Waals surface area (Å²) in [4.78, 5) is 16.0. The molecule has 0 aliphatic carbocycles. The van der Waals surface area contributed by atoms with Gasteiger partial charge in [-0.05, 0) is 31.2 Å². The quantitative estimate of drug-likeness (QED) is 0.919. The summed E-state index contributed by atoms with van der Waals surface area (Å²) in [7, 11) is 3.57. The van der Waals surface area contributed by atoms with Crippen molar-refractivity contribution in [2.24, 2.45) is 0 Å². The van der Waals surface area contributed by atoms with Gasteiger partial charge in [0.1, 0.15) is 0 Å². The molecule has 1 spiro atoms. The van der Waals surface area contributed by atoms with Crippen LogP contribution in [-0.4, -0.2) is 67.8 Å². The highest BCUT2D eigenvalue weighted by atomic mass is 16.5. The maximum absolute atomic E-state index is 11.9. The first kappa shape index (κ1) is 17.2. The Bertz CT molecular complexity index is 549. The largest absolute Gasteiger partial charge is 0.373 e. The van der Waals surface area contributed by atoms with Crippen LogP contribution < -0.4 is 5.32 Å². The van der Waals surface area contributed by atoms with Crippen LogP contribution in [0.25, 0.3) is 0 Å². The molecule has 1 aromatic carbocycles. The maximum atomic E-state index is 11.9. The Morgan fingerprint density at radius 1 is 1.38 bits per heavy atom. The number of hydrogen-bond acceptors (Lipinski definition) is 3. The predicted octanol–water partition coefficient (Wildman–Crippen LogP) is 2.12. The topological polar surface area (TPSA) is 44.8 Å². The molecule has 0 saturated carbocycles. The van der Waals surface area contributed by atoms with Gasteiger partial charge in [-0.2, -0.15) is 0 Å². The van der Waals surface area contributed by atoms with Gasteiger partial charge in [0.15, 0.2) is 0 Å². The lowest BCUT2D eigenvalue weighted by Gasteiger charge is -2.38. The van der Waals surface area contributed by atoms with Gasteiger partial charge in [0.05, 0.1) is 5.60 Å². The molecule has 0 radical (unpaired) electrons. The highest BCUT2D eigenvalue weighted by Crippen LogP contribution is 2.34. The molecule has 3 rings (SSSR count). The fourth-order valence-corrected chi connectivity index (χ4v) is 3.79. The predicted molar refractivity (Wildman–Crippen MR) is 95.1 cm³/mol. The van der Waals surface area contributed by atoms with Crippen molar-refractivity contribution in [3.05, 3.63) is 35.9 Å². The fourth-order valence-electron chi connectivity index (χ4n) is 3.79. The second kappa shape index (κ2) is 7.53. The molecule has 0 aromatic heterocycles. The van der Waals surface area contributed by atoms with Crippen molar-refractivity contribution < 1.29 is 9.53 Å². The molecule has 5 nitrogen and oxygen atoms in total. The number of ether oxygens (including phenoxy) is 1. The molecule has 2 heterocycles. The highest BCUT2D eigenvalue weighted by Gasteiger charge is 2.43. The van der Waals surface area contributed by atoms with Crippen LogP contribution in [0.15, 0.2) is 30.3 Å². The van der Waals surface area contributed by atoms with Crippen molar-refractivity contribution in [3.63, 3.8) is 0 Å². The number of hydrogen-bond donors (Lipinski definition) is 1. The Hall–Kier alpha value is -1.59. The summed E-state index contributed by atoms with van der Waals surface area (Å²) in [5, 5.41) is 3.13. The van der Waals surface area contributed by atoms with Crippen LogP contribution in [0.3, 0.4) is 0 Å². The number of nitrogens with one attached hydrogen (secondary N) is 1. The number of likely N-dealkylation sites (tertiary alicyclic amines) is 1. The molecule has 2 amide bonds. The molecule has 2 fully saturated rings. The third-order valence-corrected chi connectivity index (χ3v) is 5.18. The van der Waals surface area contributed by atoms with Gasteiger partial charge in [-0.3, -0.25) is 0 Å². The van der Waals surface area contributed by atoms with Gasteiger partial charge in [0.25, 0.3) is 0 Å². The third-order valence-electron chi connectivity index (χ3n) is 5.18. The first-order valence-corrected chi connectivity index (χ1v) is 8.94. The summed E-state index contributed by atoms with van der Waals surface area (Å²) in [6.45, 7) is 3.88. The number of nitrogens with zero attached hydrogens (tertiary/aromatic N) is 2. The Kier molecular flexibility index (Phi) is 5.41. The summed E-state index contributed by atoms with van der Waals surface area (Å²) in [5.41, 5.74) is 1.32. The Morgan fingerprint density at radius 2 is 2.17 bits per heavy atom. The molecule has 2 aliphatic heterocycles. The van der Waals surface area contributed by atoms with E-state index in [1.54, 1.807) is 19.0 Å². The number of amides is 2. The minimum Gasteiger partial charge on any atom is -0.373 e. The molecule has 2 aliphatic rings. The summed E-state index contributed by atoms with van der Waals surface area (Å²) in [6.07, 6.45) is 3.98. The van der Waals surface area contributed by atoms with E-state index in [0.29, 0.717) is 0 Å². The van der Waals surface area contributed by atoms with E-state index in [2.05, 4.69) is 40.5 Å². The lowest BCUT2D eigenvalue weighted by Crippen LogP contribution is -2.51. The van der Waals surface area contributed by atoms with Crippen LogP contribution in [0.2, 0.25) is 0 Å². The molecule has 1 aromatic rings. The van der Waals surface area contributed by atoms with Gasteiger partial charge in [-0.15, -0.1) is 0 Å². The number of urea groups is 1. The normalized spacial score (nSPS) is 27.3. The van der Waals surface area contributed by atoms with E-state index in [0.717, 1.165) is 51.9 Å². The van der Waals surface area contributed by atoms with Crippen LogP contribution in [0, 0.1) is 0 Å². The van der Waals surface area contributed by atoms with Crippen molar-refractivity contribution in [1.82, 2.24) is 15.1 Å². The minimum atomic E-state index is -0.0702. The second-order valence-corrected chi connectivity index (χ2v) is 7.33. The van der Waals surface area contributed by atoms with Crippen molar-refractivity contribution in [2.45, 2.75) is 37.3 Å². The molecule has 132 valence electrons. The highest BCUT2D eigenvalue weighted by molar-refractivity contribution is 5.73. The molecular weight excluding hydrogens is 302 g/mol. The van der Waals surface area contributed by atoms with Crippen LogP contribution >= 0.6 is 0 Å². The van der Waals surface area contributed by atoms with Crippen molar-refractivity contribution in [3.8, 4) is 0 Å². The van der Waals surface area contributed by atoms with Crippen molar-refractivity contribution in [1.29, 1.82) is 0 Å². The van der Waals surface area contributed by atoms with Gasteiger partial charge in [-0.1, -0.05) is 30.3 Å². The lowest BCUT2D eigenvalue weighted by atomic mass is 9.89. The summed E-state index contributed by atoms with van der Waals surface area (Å²) < 4.78 is 6.17. The molecule has 0 bridgehead atoms. The number of carbonyl (C=O) groups excluding carboxylic acids is 1. The van der Waals surface area contributed by atoms with Gasteiger partial charge in [-0.25, -0.2) is 4.79 Å². The molecule has 1 N–H and O–H groups in total. The van der Waals surface area contributed by atoms with Gasteiger partial charge in [0, 0.05) is 46.4 Å². The van der Waals surface area contributed by atoms with Crippen LogP contribution in [0.5, 0.6) is 0 Å². The number of carbonyl (C=O) groups is 1. The van der Waals surface area contributed by atoms with Crippen LogP contribution in [0.4, 0.5) is 4.79 Å². The standard InChI is InChI=1S/C19H29N3O2/c1-21(2)18(23)20-17-9-13-24-19(14-17)10-12-22(15-19)11-8-16-6-4-3-5-7-16/h3-7,17H,8-15H2,1-2H3,(H,20,23)/t17-,19+/m0/s1. The van der Waals surface area contributed by atoms with E-state index < -0.39 is 0 Å². The minimum absolute atomic E-state index is 0.00372. The monoisotopic (exact) mass is 331 g/mol. The summed E-state index contributed by atoms with van der Waals surface area (Å²) in [5.74, 6) is 0.